The summed E-state index contributed by atoms with van der Waals surface area (Å²) in [6.45, 7) is 7.97. The third-order valence-corrected chi connectivity index (χ3v) is 3.90. The minimum Gasteiger partial charge on any atom is -0.379 e. The third-order valence-electron chi connectivity index (χ3n) is 3.90. The topological polar surface area (TPSA) is 58.6 Å². The van der Waals surface area contributed by atoms with Crippen LogP contribution in [0.15, 0.2) is 0 Å². The van der Waals surface area contributed by atoms with Crippen molar-refractivity contribution in [2.45, 2.75) is 52.1 Å². The lowest BCUT2D eigenvalue weighted by Gasteiger charge is -2.28. The van der Waals surface area contributed by atoms with Crippen molar-refractivity contribution in [1.29, 1.82) is 0 Å². The normalized spacial score (nSPS) is 27.7. The maximum absolute atomic E-state index is 12.6. The van der Waals surface area contributed by atoms with Gasteiger partial charge in [0.25, 0.3) is 0 Å². The van der Waals surface area contributed by atoms with Gasteiger partial charge in [-0.25, -0.2) is 0 Å². The fraction of sp³-hybridized carbons (Fsp3) is 0.867. The second-order valence-electron chi connectivity index (χ2n) is 6.44. The van der Waals surface area contributed by atoms with E-state index in [1.807, 2.05) is 11.8 Å². The first kappa shape index (κ1) is 15.3. The second kappa shape index (κ2) is 6.57. The Hall–Kier alpha value is -1.10. The van der Waals surface area contributed by atoms with E-state index in [-0.39, 0.29) is 23.9 Å². The monoisotopic (exact) mass is 282 g/mol. The Kier molecular flexibility index (Phi) is 5.02. The Bertz CT molecular complexity index is 366. The fourth-order valence-corrected chi connectivity index (χ4v) is 2.63. The summed E-state index contributed by atoms with van der Waals surface area (Å²) in [4.78, 5) is 26.2. The molecule has 2 aliphatic rings. The molecule has 20 heavy (non-hydrogen) atoms. The number of nitrogens with zero attached hydrogens (tertiary/aromatic N) is 1. The van der Waals surface area contributed by atoms with E-state index in [1.165, 1.54) is 0 Å². The van der Waals surface area contributed by atoms with E-state index in [0.717, 1.165) is 12.8 Å². The highest BCUT2D eigenvalue weighted by Gasteiger charge is 2.42. The smallest absolute Gasteiger partial charge is 0.245 e. The predicted molar refractivity (Wildman–Crippen MR) is 76.1 cm³/mol. The molecular weight excluding hydrogens is 256 g/mol. The van der Waals surface area contributed by atoms with Gasteiger partial charge >= 0.3 is 0 Å². The zero-order valence-corrected chi connectivity index (χ0v) is 12.7. The van der Waals surface area contributed by atoms with Crippen molar-refractivity contribution < 1.29 is 14.3 Å². The van der Waals surface area contributed by atoms with Gasteiger partial charge in [-0.15, -0.1) is 0 Å². The van der Waals surface area contributed by atoms with Crippen LogP contribution in [0, 0.1) is 11.8 Å². The molecule has 0 spiro atoms. The van der Waals surface area contributed by atoms with Crippen LogP contribution in [-0.2, 0) is 14.3 Å². The van der Waals surface area contributed by atoms with Crippen molar-refractivity contribution >= 4 is 11.8 Å². The molecular formula is C15H26N2O3. The molecule has 2 amide bonds. The van der Waals surface area contributed by atoms with E-state index in [2.05, 4.69) is 19.2 Å². The number of carbonyl (C=O) groups excluding carboxylic acids is 2. The highest BCUT2D eigenvalue weighted by atomic mass is 16.5. The summed E-state index contributed by atoms with van der Waals surface area (Å²) in [5.74, 6) is 0.901. The molecule has 2 unspecified atom stereocenters. The highest BCUT2D eigenvalue weighted by Crippen LogP contribution is 2.34. The highest BCUT2D eigenvalue weighted by molar-refractivity contribution is 5.91. The number of nitrogens with one attached hydrogen (secondary N) is 1. The van der Waals surface area contributed by atoms with E-state index >= 15 is 0 Å². The molecule has 5 heteroatoms. The van der Waals surface area contributed by atoms with Crippen LogP contribution in [0.2, 0.25) is 0 Å². The van der Waals surface area contributed by atoms with Crippen molar-refractivity contribution in [3.05, 3.63) is 0 Å². The van der Waals surface area contributed by atoms with Gasteiger partial charge in [-0.1, -0.05) is 13.8 Å². The minimum absolute atomic E-state index is 0.00616. The molecule has 2 atom stereocenters. The average Bonchev–Trinajstić information content (AvgIpc) is 3.18. The molecule has 0 aromatic carbocycles. The van der Waals surface area contributed by atoms with Crippen LogP contribution >= 0.6 is 0 Å². The molecule has 0 radical (unpaired) electrons. The first-order valence-corrected chi connectivity index (χ1v) is 7.66. The number of rotatable bonds is 6. The molecule has 1 aliphatic heterocycles. The standard InChI is InChI=1S/C15H26N2O3/c1-10(2)9-20-7-6-17-11(3)8-13(18)16-14(15(17)19)12-4-5-12/h10-12,14H,4-9H2,1-3H3,(H,16,18). The lowest BCUT2D eigenvalue weighted by atomic mass is 10.1. The van der Waals surface area contributed by atoms with Gasteiger partial charge in [0.1, 0.15) is 6.04 Å². The van der Waals surface area contributed by atoms with Gasteiger partial charge in [0.15, 0.2) is 0 Å². The fourth-order valence-electron chi connectivity index (χ4n) is 2.63. The first-order chi connectivity index (χ1) is 9.49. The van der Waals surface area contributed by atoms with Crippen LogP contribution < -0.4 is 5.32 Å². The molecule has 0 bridgehead atoms. The van der Waals surface area contributed by atoms with Crippen molar-refractivity contribution in [2.24, 2.45) is 11.8 Å². The molecule has 2 fully saturated rings. The minimum atomic E-state index is -0.308. The van der Waals surface area contributed by atoms with Gasteiger partial charge in [-0.2, -0.15) is 0 Å². The molecule has 5 nitrogen and oxygen atoms in total. The van der Waals surface area contributed by atoms with Crippen LogP contribution in [0.3, 0.4) is 0 Å². The zero-order chi connectivity index (χ0) is 14.7. The lowest BCUT2D eigenvalue weighted by molar-refractivity contribution is -0.136. The summed E-state index contributed by atoms with van der Waals surface area (Å²) in [6, 6.07) is -0.355. The van der Waals surface area contributed by atoms with Gasteiger partial charge in [-0.05, 0) is 31.6 Å². The van der Waals surface area contributed by atoms with Gasteiger partial charge in [-0.3, -0.25) is 9.59 Å². The van der Waals surface area contributed by atoms with Gasteiger partial charge < -0.3 is 15.0 Å². The maximum atomic E-state index is 12.6. The van der Waals surface area contributed by atoms with E-state index in [0.29, 0.717) is 38.0 Å². The summed E-state index contributed by atoms with van der Waals surface area (Å²) >= 11 is 0. The quantitative estimate of drug-likeness (QED) is 0.744. The molecule has 114 valence electrons. The largest absolute Gasteiger partial charge is 0.379 e. The number of carbonyl (C=O) groups is 2. The van der Waals surface area contributed by atoms with Crippen molar-refractivity contribution in [1.82, 2.24) is 10.2 Å². The number of ether oxygens (including phenoxy) is 1. The van der Waals surface area contributed by atoms with Crippen molar-refractivity contribution in [3.63, 3.8) is 0 Å². The Morgan fingerprint density at radius 2 is 2.05 bits per heavy atom. The second-order valence-corrected chi connectivity index (χ2v) is 6.44. The Labute approximate surface area is 121 Å². The molecule has 1 saturated carbocycles. The zero-order valence-electron chi connectivity index (χ0n) is 12.7. The van der Waals surface area contributed by atoms with Crippen LogP contribution in [0.1, 0.15) is 40.0 Å². The van der Waals surface area contributed by atoms with Gasteiger partial charge in [0.05, 0.1) is 6.61 Å². The molecule has 0 aromatic rings. The van der Waals surface area contributed by atoms with E-state index < -0.39 is 0 Å². The number of amides is 2. The Balaban J connectivity index is 1.92. The van der Waals surface area contributed by atoms with Gasteiger partial charge in [0.2, 0.25) is 11.8 Å². The summed E-state index contributed by atoms with van der Waals surface area (Å²) < 4.78 is 5.57. The number of hydrogen-bond acceptors (Lipinski definition) is 3. The summed E-state index contributed by atoms with van der Waals surface area (Å²) in [7, 11) is 0. The van der Waals surface area contributed by atoms with Crippen LogP contribution in [-0.4, -0.2) is 48.6 Å². The van der Waals surface area contributed by atoms with E-state index in [9.17, 15) is 9.59 Å². The summed E-state index contributed by atoms with van der Waals surface area (Å²) in [5, 5.41) is 2.89. The van der Waals surface area contributed by atoms with E-state index in [4.69, 9.17) is 4.74 Å². The SMILES string of the molecule is CC(C)COCCN1C(=O)C(C2CC2)NC(=O)CC1C. The average molecular weight is 282 g/mol. The third kappa shape index (κ3) is 3.95. The lowest BCUT2D eigenvalue weighted by Crippen LogP contribution is -2.48. The molecule has 2 rings (SSSR count). The number of hydrogen-bond donors (Lipinski definition) is 1. The van der Waals surface area contributed by atoms with Crippen LogP contribution in [0.25, 0.3) is 0 Å². The van der Waals surface area contributed by atoms with E-state index in [1.54, 1.807) is 0 Å². The van der Waals surface area contributed by atoms with Crippen molar-refractivity contribution in [3.8, 4) is 0 Å². The molecule has 1 aliphatic carbocycles. The Morgan fingerprint density at radius 1 is 1.35 bits per heavy atom. The molecule has 1 saturated heterocycles. The van der Waals surface area contributed by atoms with Crippen LogP contribution in [0.5, 0.6) is 0 Å². The Morgan fingerprint density at radius 3 is 2.65 bits per heavy atom. The molecule has 1 heterocycles. The maximum Gasteiger partial charge on any atom is 0.245 e. The van der Waals surface area contributed by atoms with Crippen LogP contribution in [0.4, 0.5) is 0 Å². The first-order valence-electron chi connectivity index (χ1n) is 7.66. The molecule has 0 aromatic heterocycles. The predicted octanol–water partition coefficient (Wildman–Crippen LogP) is 1.17. The van der Waals surface area contributed by atoms with Gasteiger partial charge in [0, 0.05) is 25.6 Å². The summed E-state index contributed by atoms with van der Waals surface area (Å²) in [6.07, 6.45) is 2.48. The molecule has 1 N–H and O–H groups in total. The van der Waals surface area contributed by atoms with Crippen molar-refractivity contribution in [2.75, 3.05) is 19.8 Å². The summed E-state index contributed by atoms with van der Waals surface area (Å²) in [5.41, 5.74) is 0.